The number of hydrogen-bond donors (Lipinski definition) is 2. The number of halogens is 1. The highest BCUT2D eigenvalue weighted by atomic mass is 35.5. The summed E-state index contributed by atoms with van der Waals surface area (Å²) in [6.45, 7) is 2.07. The molecular weight excluding hydrogens is 350 g/mol. The monoisotopic (exact) mass is 371 g/mol. The maximum atomic E-state index is 12.0. The maximum absolute atomic E-state index is 12.0. The normalized spacial score (nSPS) is 14.0. The van der Waals surface area contributed by atoms with Gasteiger partial charge in [-0.2, -0.15) is 0 Å². The molecule has 1 heterocycles. The van der Waals surface area contributed by atoms with Gasteiger partial charge in [0.1, 0.15) is 0 Å². The Balaban J connectivity index is 1.49. The summed E-state index contributed by atoms with van der Waals surface area (Å²) in [5.41, 5.74) is 2.32. The zero-order valence-corrected chi connectivity index (χ0v) is 15.3. The van der Waals surface area contributed by atoms with E-state index in [4.69, 9.17) is 11.6 Å². The molecule has 6 heteroatoms. The van der Waals surface area contributed by atoms with E-state index in [-0.39, 0.29) is 18.4 Å². The Kier molecular flexibility index (Phi) is 6.12. The van der Waals surface area contributed by atoms with Crippen molar-refractivity contribution in [3.05, 3.63) is 59.1 Å². The molecule has 2 aromatic rings. The van der Waals surface area contributed by atoms with E-state index in [0.29, 0.717) is 16.3 Å². The molecule has 1 aliphatic heterocycles. The number of nitrogens with one attached hydrogen (secondary N) is 2. The van der Waals surface area contributed by atoms with Crippen LogP contribution < -0.4 is 15.5 Å². The van der Waals surface area contributed by atoms with Crippen LogP contribution in [0.15, 0.2) is 48.5 Å². The Morgan fingerprint density at radius 1 is 1.00 bits per heavy atom. The van der Waals surface area contributed by atoms with Gasteiger partial charge < -0.3 is 15.5 Å². The van der Waals surface area contributed by atoms with Crippen molar-refractivity contribution in [2.45, 2.75) is 19.3 Å². The summed E-state index contributed by atoms with van der Waals surface area (Å²) in [6.07, 6.45) is 3.75. The van der Waals surface area contributed by atoms with Crippen LogP contribution in [0.3, 0.4) is 0 Å². The minimum atomic E-state index is -0.330. The number of rotatable bonds is 5. The number of amides is 2. The van der Waals surface area contributed by atoms with Crippen molar-refractivity contribution in [2.75, 3.05) is 29.9 Å². The van der Waals surface area contributed by atoms with Crippen molar-refractivity contribution >= 4 is 34.8 Å². The second-order valence-electron chi connectivity index (χ2n) is 6.34. The first kappa shape index (κ1) is 18.3. The molecule has 1 fully saturated rings. The molecular formula is C20H22ClN3O2. The smallest absolute Gasteiger partial charge is 0.251 e. The zero-order valence-electron chi connectivity index (χ0n) is 14.5. The molecule has 0 atom stereocenters. The fourth-order valence-corrected chi connectivity index (χ4v) is 3.20. The van der Waals surface area contributed by atoms with E-state index >= 15 is 0 Å². The van der Waals surface area contributed by atoms with E-state index in [1.165, 1.54) is 24.9 Å². The van der Waals surface area contributed by atoms with Gasteiger partial charge in [-0.15, -0.1) is 0 Å². The summed E-state index contributed by atoms with van der Waals surface area (Å²) in [7, 11) is 0. The summed E-state index contributed by atoms with van der Waals surface area (Å²) in [6, 6.07) is 14.4. The van der Waals surface area contributed by atoms with Crippen molar-refractivity contribution in [3.63, 3.8) is 0 Å². The lowest BCUT2D eigenvalue weighted by Gasteiger charge is -2.28. The lowest BCUT2D eigenvalue weighted by molar-refractivity contribution is -0.115. The molecule has 26 heavy (non-hydrogen) atoms. The highest BCUT2D eigenvalue weighted by Gasteiger charge is 2.11. The second kappa shape index (κ2) is 8.72. The number of hydrogen-bond acceptors (Lipinski definition) is 3. The Hall–Kier alpha value is -2.53. The maximum Gasteiger partial charge on any atom is 0.251 e. The largest absolute Gasteiger partial charge is 0.372 e. The predicted molar refractivity (Wildman–Crippen MR) is 105 cm³/mol. The Morgan fingerprint density at radius 2 is 1.73 bits per heavy atom. The number of piperidine rings is 1. The third-order valence-electron chi connectivity index (χ3n) is 4.37. The third kappa shape index (κ3) is 4.99. The van der Waals surface area contributed by atoms with Crippen LogP contribution in [0.2, 0.25) is 5.02 Å². The Labute approximate surface area is 158 Å². The summed E-state index contributed by atoms with van der Waals surface area (Å²) >= 11 is 5.87. The summed E-state index contributed by atoms with van der Waals surface area (Å²) in [5, 5.41) is 5.87. The molecule has 1 aliphatic rings. The first-order chi connectivity index (χ1) is 12.6. The molecule has 0 aromatic heterocycles. The minimum absolute atomic E-state index is 0.0980. The van der Waals surface area contributed by atoms with Gasteiger partial charge in [-0.05, 0) is 61.7 Å². The van der Waals surface area contributed by atoms with Crippen LogP contribution in [0.4, 0.5) is 11.4 Å². The zero-order chi connectivity index (χ0) is 18.4. The molecule has 1 saturated heterocycles. The molecule has 5 nitrogen and oxygen atoms in total. The lowest BCUT2D eigenvalue weighted by Crippen LogP contribution is -2.32. The van der Waals surface area contributed by atoms with Crippen LogP contribution in [0.5, 0.6) is 0 Å². The highest BCUT2D eigenvalue weighted by Crippen LogP contribution is 2.21. The third-order valence-corrected chi connectivity index (χ3v) is 4.60. The molecule has 0 spiro atoms. The van der Waals surface area contributed by atoms with Crippen LogP contribution in [0.1, 0.15) is 29.6 Å². The van der Waals surface area contributed by atoms with Gasteiger partial charge in [0.25, 0.3) is 5.91 Å². The summed E-state index contributed by atoms with van der Waals surface area (Å²) in [4.78, 5) is 26.4. The van der Waals surface area contributed by atoms with Crippen LogP contribution >= 0.6 is 11.6 Å². The number of benzene rings is 2. The number of nitrogens with zero attached hydrogens (tertiary/aromatic N) is 1. The predicted octanol–water partition coefficient (Wildman–Crippen LogP) is 3.70. The van der Waals surface area contributed by atoms with Crippen LogP contribution in [-0.2, 0) is 4.79 Å². The molecule has 0 unspecified atom stereocenters. The Morgan fingerprint density at radius 3 is 2.42 bits per heavy atom. The number of carbonyl (C=O) groups is 2. The van der Waals surface area contributed by atoms with E-state index in [1.807, 2.05) is 24.3 Å². The van der Waals surface area contributed by atoms with Gasteiger partial charge in [0.2, 0.25) is 5.91 Å². The number of anilines is 2. The number of carbonyl (C=O) groups excluding carboxylic acids is 2. The van der Waals surface area contributed by atoms with Crippen molar-refractivity contribution in [2.24, 2.45) is 0 Å². The summed E-state index contributed by atoms with van der Waals surface area (Å²) < 4.78 is 0. The van der Waals surface area contributed by atoms with Gasteiger partial charge in [0.05, 0.1) is 6.54 Å². The van der Waals surface area contributed by atoms with Gasteiger partial charge >= 0.3 is 0 Å². The molecule has 0 aliphatic carbocycles. The van der Waals surface area contributed by atoms with Gasteiger partial charge in [-0.3, -0.25) is 9.59 Å². The van der Waals surface area contributed by atoms with E-state index in [9.17, 15) is 9.59 Å². The molecule has 2 N–H and O–H groups in total. The molecule has 2 aromatic carbocycles. The first-order valence-electron chi connectivity index (χ1n) is 8.80. The van der Waals surface area contributed by atoms with E-state index in [1.54, 1.807) is 24.3 Å². The highest BCUT2D eigenvalue weighted by molar-refractivity contribution is 6.31. The molecule has 0 bridgehead atoms. The fraction of sp³-hybridized carbons (Fsp3) is 0.300. The molecule has 0 radical (unpaired) electrons. The average Bonchev–Trinajstić information content (AvgIpc) is 2.67. The molecule has 0 saturated carbocycles. The van der Waals surface area contributed by atoms with Crippen molar-refractivity contribution in [1.29, 1.82) is 0 Å². The molecule has 136 valence electrons. The van der Waals surface area contributed by atoms with Crippen LogP contribution in [0.25, 0.3) is 0 Å². The van der Waals surface area contributed by atoms with E-state index in [0.717, 1.165) is 13.1 Å². The van der Waals surface area contributed by atoms with E-state index < -0.39 is 0 Å². The van der Waals surface area contributed by atoms with Crippen molar-refractivity contribution < 1.29 is 9.59 Å². The SMILES string of the molecule is O=C(CNC(=O)c1cccc(Cl)c1)Nc1ccc(N2CCCCC2)cc1. The van der Waals surface area contributed by atoms with Gasteiger partial charge in [-0.1, -0.05) is 17.7 Å². The van der Waals surface area contributed by atoms with Crippen LogP contribution in [0, 0.1) is 0 Å². The van der Waals surface area contributed by atoms with Gasteiger partial charge in [0, 0.05) is 35.1 Å². The minimum Gasteiger partial charge on any atom is -0.372 e. The quantitative estimate of drug-likeness (QED) is 0.842. The second-order valence-corrected chi connectivity index (χ2v) is 6.77. The standard InChI is InChI=1S/C20H22ClN3O2/c21-16-6-4-5-15(13-16)20(26)22-14-19(25)23-17-7-9-18(10-8-17)24-11-2-1-3-12-24/h4-10,13H,1-3,11-12,14H2,(H,22,26)(H,23,25). The van der Waals surface area contributed by atoms with Gasteiger partial charge in [-0.25, -0.2) is 0 Å². The Bertz CT molecular complexity index is 771. The summed E-state index contributed by atoms with van der Waals surface area (Å²) in [5.74, 6) is -0.603. The van der Waals surface area contributed by atoms with Crippen LogP contribution in [-0.4, -0.2) is 31.4 Å². The first-order valence-corrected chi connectivity index (χ1v) is 9.18. The van der Waals surface area contributed by atoms with Gasteiger partial charge in [0.15, 0.2) is 0 Å². The molecule has 2 amide bonds. The van der Waals surface area contributed by atoms with Crippen molar-refractivity contribution in [1.82, 2.24) is 5.32 Å². The van der Waals surface area contributed by atoms with Crippen molar-refractivity contribution in [3.8, 4) is 0 Å². The fourth-order valence-electron chi connectivity index (χ4n) is 3.01. The molecule has 3 rings (SSSR count). The van der Waals surface area contributed by atoms with E-state index in [2.05, 4.69) is 15.5 Å². The average molecular weight is 372 g/mol. The lowest BCUT2D eigenvalue weighted by atomic mass is 10.1. The topological polar surface area (TPSA) is 61.4 Å².